The maximum Gasteiger partial charge on any atom is 0.328 e. The van der Waals surface area contributed by atoms with E-state index in [9.17, 15) is 4.79 Å². The number of anilines is 2. The first-order valence-corrected chi connectivity index (χ1v) is 11.1. The van der Waals surface area contributed by atoms with Crippen LogP contribution in [0.4, 0.5) is 11.4 Å². The molecule has 6 heteroatoms. The van der Waals surface area contributed by atoms with E-state index in [1.807, 2.05) is 55.5 Å². The number of hydrogen-bond donors (Lipinski definition) is 2. The average molecular weight is 484 g/mol. The van der Waals surface area contributed by atoms with Crippen molar-refractivity contribution in [2.75, 3.05) is 12.4 Å². The fourth-order valence-electron chi connectivity index (χ4n) is 2.86. The van der Waals surface area contributed by atoms with E-state index in [4.69, 9.17) is 9.84 Å². The van der Waals surface area contributed by atoms with Crippen LogP contribution >= 0.6 is 27.7 Å². The summed E-state index contributed by atoms with van der Waals surface area (Å²) in [6.45, 7) is 2.00. The number of halogens is 1. The van der Waals surface area contributed by atoms with Gasteiger partial charge < -0.3 is 15.2 Å². The molecule has 3 rings (SSSR count). The first kappa shape index (κ1) is 22.0. The lowest BCUT2D eigenvalue weighted by Gasteiger charge is -2.16. The molecule has 0 unspecified atom stereocenters. The van der Waals surface area contributed by atoms with Gasteiger partial charge in [-0.05, 0) is 60.0 Å². The molecule has 0 aliphatic carbocycles. The molecule has 0 aliphatic heterocycles. The molecule has 0 fully saturated rings. The zero-order chi connectivity index (χ0) is 21.5. The second-order valence-corrected chi connectivity index (χ2v) is 8.52. The molecule has 0 saturated heterocycles. The van der Waals surface area contributed by atoms with E-state index in [2.05, 4.69) is 33.4 Å². The normalized spacial score (nSPS) is 10.9. The van der Waals surface area contributed by atoms with Crippen LogP contribution in [0.5, 0.6) is 5.75 Å². The number of rotatable bonds is 8. The fourth-order valence-corrected chi connectivity index (χ4v) is 4.08. The largest absolute Gasteiger partial charge is 0.495 e. The van der Waals surface area contributed by atoms with Crippen molar-refractivity contribution in [1.29, 1.82) is 0 Å². The molecular weight excluding hydrogens is 462 g/mol. The van der Waals surface area contributed by atoms with E-state index in [0.29, 0.717) is 5.75 Å². The second kappa shape index (κ2) is 10.4. The van der Waals surface area contributed by atoms with Crippen LogP contribution in [0.15, 0.2) is 76.1 Å². The number of thioether (sulfide) groups is 1. The van der Waals surface area contributed by atoms with Gasteiger partial charge in [-0.3, -0.25) is 0 Å². The Balaban J connectivity index is 1.90. The van der Waals surface area contributed by atoms with Crippen LogP contribution in [-0.4, -0.2) is 18.2 Å². The molecular formula is C24H22BrNO3S. The molecule has 0 aromatic heterocycles. The van der Waals surface area contributed by atoms with Crippen molar-refractivity contribution in [2.45, 2.75) is 17.6 Å². The first-order valence-electron chi connectivity index (χ1n) is 9.29. The van der Waals surface area contributed by atoms with E-state index < -0.39 is 5.97 Å². The number of carboxylic acid groups (broad SMARTS) is 1. The Morgan fingerprint density at radius 3 is 2.60 bits per heavy atom. The summed E-state index contributed by atoms with van der Waals surface area (Å²) in [7, 11) is 1.62. The van der Waals surface area contributed by atoms with Crippen molar-refractivity contribution >= 4 is 51.1 Å². The number of aliphatic carboxylic acids is 1. The van der Waals surface area contributed by atoms with Gasteiger partial charge >= 0.3 is 5.97 Å². The van der Waals surface area contributed by atoms with Gasteiger partial charge in [0.15, 0.2) is 0 Å². The quantitative estimate of drug-likeness (QED) is 0.269. The first-order chi connectivity index (χ1) is 14.5. The highest BCUT2D eigenvalue weighted by Gasteiger charge is 2.10. The standard InChI is InChI=1S/C24H22BrNO3S/c1-16-12-22(23(29-2)14-20(16)25)26-21-10-9-19(13-18(21)8-11-24(27)28)30-15-17-6-4-3-5-7-17/h3-14,26H,15H2,1-2H3,(H,27,28)/b11-8+. The van der Waals surface area contributed by atoms with Crippen LogP contribution in [0.3, 0.4) is 0 Å². The van der Waals surface area contributed by atoms with Crippen molar-refractivity contribution < 1.29 is 14.6 Å². The van der Waals surface area contributed by atoms with Gasteiger partial charge in [0, 0.05) is 26.9 Å². The molecule has 3 aromatic rings. The third-order valence-electron chi connectivity index (χ3n) is 4.43. The Hall–Kier alpha value is -2.70. The van der Waals surface area contributed by atoms with E-state index in [1.165, 1.54) is 5.56 Å². The molecule has 0 amide bonds. The lowest BCUT2D eigenvalue weighted by molar-refractivity contribution is -0.131. The predicted octanol–water partition coefficient (Wildman–Crippen LogP) is 6.90. The molecule has 4 nitrogen and oxygen atoms in total. The zero-order valence-corrected chi connectivity index (χ0v) is 19.1. The zero-order valence-electron chi connectivity index (χ0n) is 16.7. The van der Waals surface area contributed by atoms with Crippen LogP contribution in [0.25, 0.3) is 6.08 Å². The second-order valence-electron chi connectivity index (χ2n) is 6.62. The molecule has 0 heterocycles. The van der Waals surface area contributed by atoms with Crippen molar-refractivity contribution in [3.8, 4) is 5.75 Å². The molecule has 0 atom stereocenters. The summed E-state index contributed by atoms with van der Waals surface area (Å²) in [5.41, 5.74) is 4.71. The Morgan fingerprint density at radius 1 is 1.13 bits per heavy atom. The summed E-state index contributed by atoms with van der Waals surface area (Å²) in [6.07, 6.45) is 2.76. The summed E-state index contributed by atoms with van der Waals surface area (Å²) < 4.78 is 6.46. The highest BCUT2D eigenvalue weighted by atomic mass is 79.9. The van der Waals surface area contributed by atoms with Gasteiger partial charge in [-0.2, -0.15) is 0 Å². The lowest BCUT2D eigenvalue weighted by Crippen LogP contribution is -1.98. The smallest absolute Gasteiger partial charge is 0.328 e. The highest BCUT2D eigenvalue weighted by molar-refractivity contribution is 9.10. The topological polar surface area (TPSA) is 58.6 Å². The number of methoxy groups -OCH3 is 1. The van der Waals surface area contributed by atoms with Crippen molar-refractivity contribution in [2.24, 2.45) is 0 Å². The molecule has 0 bridgehead atoms. The monoisotopic (exact) mass is 483 g/mol. The summed E-state index contributed by atoms with van der Waals surface area (Å²) in [6, 6.07) is 20.1. The molecule has 0 saturated carbocycles. The minimum Gasteiger partial charge on any atom is -0.495 e. The number of ether oxygens (including phenoxy) is 1. The van der Waals surface area contributed by atoms with Gasteiger partial charge in [0.2, 0.25) is 0 Å². The lowest BCUT2D eigenvalue weighted by atomic mass is 10.1. The van der Waals surface area contributed by atoms with E-state index in [1.54, 1.807) is 24.9 Å². The van der Waals surface area contributed by atoms with Crippen LogP contribution < -0.4 is 10.1 Å². The molecule has 3 aromatic carbocycles. The molecule has 2 N–H and O–H groups in total. The molecule has 0 spiro atoms. The minimum atomic E-state index is -0.986. The third-order valence-corrected chi connectivity index (χ3v) is 6.35. The van der Waals surface area contributed by atoms with Gasteiger partial charge in [0.05, 0.1) is 12.8 Å². The molecule has 154 valence electrons. The summed E-state index contributed by atoms with van der Waals surface area (Å²) in [5.74, 6) is 0.554. The Morgan fingerprint density at radius 2 is 1.90 bits per heavy atom. The van der Waals surface area contributed by atoms with E-state index >= 15 is 0 Å². The Bertz CT molecular complexity index is 1070. The Kier molecular flexibility index (Phi) is 7.60. The van der Waals surface area contributed by atoms with Crippen LogP contribution in [0.1, 0.15) is 16.7 Å². The summed E-state index contributed by atoms with van der Waals surface area (Å²) in [4.78, 5) is 12.1. The van der Waals surface area contributed by atoms with Crippen LogP contribution in [0.2, 0.25) is 0 Å². The third kappa shape index (κ3) is 5.90. The van der Waals surface area contributed by atoms with Gasteiger partial charge in [-0.1, -0.05) is 46.3 Å². The number of benzene rings is 3. The van der Waals surface area contributed by atoms with Gasteiger partial charge in [0.1, 0.15) is 5.75 Å². The fraction of sp³-hybridized carbons (Fsp3) is 0.125. The molecule has 30 heavy (non-hydrogen) atoms. The van der Waals surface area contributed by atoms with Crippen molar-refractivity contribution in [3.63, 3.8) is 0 Å². The van der Waals surface area contributed by atoms with E-state index in [0.717, 1.165) is 43.7 Å². The van der Waals surface area contributed by atoms with Gasteiger partial charge in [-0.15, -0.1) is 11.8 Å². The number of carboxylic acids is 1. The highest BCUT2D eigenvalue weighted by Crippen LogP contribution is 2.35. The number of nitrogens with one attached hydrogen (secondary N) is 1. The summed E-state index contributed by atoms with van der Waals surface area (Å²) in [5, 5.41) is 12.5. The van der Waals surface area contributed by atoms with Crippen molar-refractivity contribution in [1.82, 2.24) is 0 Å². The van der Waals surface area contributed by atoms with Gasteiger partial charge in [-0.25, -0.2) is 4.79 Å². The Labute approximate surface area is 189 Å². The average Bonchev–Trinajstić information content (AvgIpc) is 2.75. The molecule has 0 aliphatic rings. The van der Waals surface area contributed by atoms with Crippen molar-refractivity contribution in [3.05, 3.63) is 87.9 Å². The summed E-state index contributed by atoms with van der Waals surface area (Å²) >= 11 is 5.23. The SMILES string of the molecule is COc1cc(Br)c(C)cc1Nc1ccc(SCc2ccccc2)cc1/C=C/C(=O)O. The van der Waals surface area contributed by atoms with E-state index in [-0.39, 0.29) is 0 Å². The maximum atomic E-state index is 11.1. The number of aryl methyl sites for hydroxylation is 1. The van der Waals surface area contributed by atoms with Crippen LogP contribution in [-0.2, 0) is 10.5 Å². The number of hydrogen-bond acceptors (Lipinski definition) is 4. The number of carbonyl (C=O) groups is 1. The van der Waals surface area contributed by atoms with Gasteiger partial charge in [0.25, 0.3) is 0 Å². The molecule has 0 radical (unpaired) electrons. The predicted molar refractivity (Wildman–Crippen MR) is 128 cm³/mol. The van der Waals surface area contributed by atoms with Crippen LogP contribution in [0, 0.1) is 6.92 Å². The minimum absolute atomic E-state index is 0.697. The maximum absolute atomic E-state index is 11.1.